The van der Waals surface area contributed by atoms with Gasteiger partial charge in [0.15, 0.2) is 0 Å². The summed E-state index contributed by atoms with van der Waals surface area (Å²) in [6.07, 6.45) is -2.22. The molecular weight excluding hydrogens is 379 g/mol. The molecule has 0 bridgehead atoms. The Labute approximate surface area is 168 Å². The highest BCUT2D eigenvalue weighted by Crippen LogP contribution is 2.44. The van der Waals surface area contributed by atoms with Crippen LogP contribution in [-0.4, -0.2) is 22.5 Å². The van der Waals surface area contributed by atoms with Crippen molar-refractivity contribution in [1.82, 2.24) is 4.90 Å². The largest absolute Gasteiger partial charge is 0.416 e. The van der Waals surface area contributed by atoms with E-state index in [1.165, 1.54) is 12.1 Å². The third-order valence-electron chi connectivity index (χ3n) is 5.44. The number of fused-ring (bicyclic) bond motifs is 1. The standard InChI is InChI=1S/C23H24F3NO2/c1-3-5-14-27-20(18-8-6-7-9-19(18)22(27)29)17(4-2)21(28)15-10-12-16(13-11-15)23(24,25)26/h4,6-13,17,20-21,28H,2-3,5,14H2,1H3. The summed E-state index contributed by atoms with van der Waals surface area (Å²) in [5.41, 5.74) is 0.995. The lowest BCUT2D eigenvalue weighted by Gasteiger charge is -2.33. The van der Waals surface area contributed by atoms with Crippen molar-refractivity contribution in [3.8, 4) is 0 Å². The van der Waals surface area contributed by atoms with Crippen molar-refractivity contribution in [2.75, 3.05) is 6.54 Å². The monoisotopic (exact) mass is 403 g/mol. The highest BCUT2D eigenvalue weighted by molar-refractivity contribution is 5.99. The molecule has 154 valence electrons. The van der Waals surface area contributed by atoms with Gasteiger partial charge in [-0.25, -0.2) is 0 Å². The minimum Gasteiger partial charge on any atom is -0.388 e. The number of unbranched alkanes of at least 4 members (excludes halogenated alkanes) is 1. The minimum absolute atomic E-state index is 0.0921. The van der Waals surface area contributed by atoms with E-state index < -0.39 is 29.8 Å². The van der Waals surface area contributed by atoms with Crippen molar-refractivity contribution in [3.05, 3.63) is 83.4 Å². The van der Waals surface area contributed by atoms with Crippen LogP contribution in [0.2, 0.25) is 0 Å². The lowest BCUT2D eigenvalue weighted by atomic mass is 9.85. The Balaban J connectivity index is 1.96. The second-order valence-electron chi connectivity index (χ2n) is 7.26. The zero-order valence-electron chi connectivity index (χ0n) is 16.2. The maximum Gasteiger partial charge on any atom is 0.416 e. The summed E-state index contributed by atoms with van der Waals surface area (Å²) in [6, 6.07) is 11.3. The van der Waals surface area contributed by atoms with E-state index in [0.29, 0.717) is 17.7 Å². The van der Waals surface area contributed by atoms with Crippen LogP contribution < -0.4 is 0 Å². The fourth-order valence-electron chi connectivity index (χ4n) is 3.90. The van der Waals surface area contributed by atoms with Crippen molar-refractivity contribution in [3.63, 3.8) is 0 Å². The van der Waals surface area contributed by atoms with Gasteiger partial charge in [-0.1, -0.05) is 49.8 Å². The van der Waals surface area contributed by atoms with Gasteiger partial charge in [0, 0.05) is 18.0 Å². The van der Waals surface area contributed by atoms with Crippen LogP contribution in [0.1, 0.15) is 59.0 Å². The number of halogens is 3. The van der Waals surface area contributed by atoms with Gasteiger partial charge in [0.2, 0.25) is 0 Å². The summed E-state index contributed by atoms with van der Waals surface area (Å²) >= 11 is 0. The van der Waals surface area contributed by atoms with Crippen LogP contribution in [0, 0.1) is 5.92 Å². The van der Waals surface area contributed by atoms with Crippen molar-refractivity contribution in [2.45, 2.75) is 38.1 Å². The Kier molecular flexibility index (Phi) is 6.13. The van der Waals surface area contributed by atoms with Gasteiger partial charge in [0.05, 0.1) is 17.7 Å². The Morgan fingerprint density at radius 1 is 1.17 bits per heavy atom. The summed E-state index contributed by atoms with van der Waals surface area (Å²) in [5, 5.41) is 11.0. The van der Waals surface area contributed by atoms with E-state index in [9.17, 15) is 23.1 Å². The van der Waals surface area contributed by atoms with Crippen molar-refractivity contribution in [2.24, 2.45) is 5.92 Å². The summed E-state index contributed by atoms with van der Waals surface area (Å²) < 4.78 is 38.5. The Morgan fingerprint density at radius 2 is 1.83 bits per heavy atom. The lowest BCUT2D eigenvalue weighted by molar-refractivity contribution is -0.137. The number of hydrogen-bond donors (Lipinski definition) is 1. The van der Waals surface area contributed by atoms with Crippen LogP contribution in [-0.2, 0) is 6.18 Å². The molecule has 1 amide bonds. The quantitative estimate of drug-likeness (QED) is 0.617. The maximum absolute atomic E-state index is 12.9. The normalized spacial score (nSPS) is 18.4. The molecule has 2 aromatic carbocycles. The molecule has 0 aliphatic carbocycles. The molecule has 1 aliphatic rings. The first-order chi connectivity index (χ1) is 13.8. The number of aliphatic hydroxyl groups excluding tert-OH is 1. The van der Waals surface area contributed by atoms with Gasteiger partial charge in [0.1, 0.15) is 0 Å². The number of rotatable bonds is 7. The first-order valence-corrected chi connectivity index (χ1v) is 9.67. The van der Waals surface area contributed by atoms with Crippen LogP contribution in [0.3, 0.4) is 0 Å². The van der Waals surface area contributed by atoms with Gasteiger partial charge >= 0.3 is 6.18 Å². The topological polar surface area (TPSA) is 40.5 Å². The maximum atomic E-state index is 12.9. The number of benzene rings is 2. The highest BCUT2D eigenvalue weighted by atomic mass is 19.4. The van der Waals surface area contributed by atoms with Crippen molar-refractivity contribution < 1.29 is 23.1 Å². The first-order valence-electron chi connectivity index (χ1n) is 9.67. The second kappa shape index (κ2) is 8.41. The van der Waals surface area contributed by atoms with E-state index in [4.69, 9.17) is 0 Å². The fourth-order valence-corrected chi connectivity index (χ4v) is 3.90. The van der Waals surface area contributed by atoms with Crippen LogP contribution in [0.5, 0.6) is 0 Å². The number of nitrogens with zero attached hydrogens (tertiary/aromatic N) is 1. The van der Waals surface area contributed by atoms with E-state index in [1.54, 1.807) is 23.1 Å². The third-order valence-corrected chi connectivity index (χ3v) is 5.44. The molecular formula is C23H24F3NO2. The van der Waals surface area contributed by atoms with Gasteiger partial charge in [-0.2, -0.15) is 13.2 Å². The Hall–Kier alpha value is -2.60. The predicted octanol–water partition coefficient (Wildman–Crippen LogP) is 5.54. The number of alkyl halides is 3. The molecule has 3 rings (SSSR count). The highest BCUT2D eigenvalue weighted by Gasteiger charge is 2.42. The number of carbonyl (C=O) groups is 1. The molecule has 29 heavy (non-hydrogen) atoms. The predicted molar refractivity (Wildman–Crippen MR) is 105 cm³/mol. The molecule has 3 atom stereocenters. The van der Waals surface area contributed by atoms with Crippen LogP contribution in [0.15, 0.2) is 61.2 Å². The molecule has 0 fully saturated rings. The molecule has 1 N–H and O–H groups in total. The molecule has 0 saturated carbocycles. The van der Waals surface area contributed by atoms with Crippen LogP contribution in [0.4, 0.5) is 13.2 Å². The molecule has 0 saturated heterocycles. The smallest absolute Gasteiger partial charge is 0.388 e. The molecule has 6 heteroatoms. The number of carbonyl (C=O) groups excluding carboxylic acids is 1. The van der Waals surface area contributed by atoms with Gasteiger partial charge in [-0.3, -0.25) is 4.79 Å². The molecule has 3 nitrogen and oxygen atoms in total. The Morgan fingerprint density at radius 3 is 2.41 bits per heavy atom. The summed E-state index contributed by atoms with van der Waals surface area (Å²) in [6.45, 7) is 6.42. The average molecular weight is 403 g/mol. The second-order valence-corrected chi connectivity index (χ2v) is 7.26. The summed E-state index contributed by atoms with van der Waals surface area (Å²) in [7, 11) is 0. The van der Waals surface area contributed by atoms with E-state index in [1.807, 2.05) is 19.1 Å². The van der Waals surface area contributed by atoms with Gasteiger partial charge in [-0.05, 0) is 35.7 Å². The fraction of sp³-hybridized carbons (Fsp3) is 0.348. The number of hydrogen-bond acceptors (Lipinski definition) is 2. The van der Waals surface area contributed by atoms with Gasteiger partial charge in [0.25, 0.3) is 5.91 Å². The lowest BCUT2D eigenvalue weighted by Crippen LogP contribution is -2.34. The molecule has 1 aliphatic heterocycles. The zero-order valence-corrected chi connectivity index (χ0v) is 16.2. The average Bonchev–Trinajstić information content (AvgIpc) is 2.98. The number of amides is 1. The van der Waals surface area contributed by atoms with Gasteiger partial charge < -0.3 is 10.0 Å². The summed E-state index contributed by atoms with van der Waals surface area (Å²) in [4.78, 5) is 14.7. The summed E-state index contributed by atoms with van der Waals surface area (Å²) in [5.74, 6) is -0.651. The van der Waals surface area contributed by atoms with Crippen molar-refractivity contribution >= 4 is 5.91 Å². The van der Waals surface area contributed by atoms with Crippen LogP contribution >= 0.6 is 0 Å². The molecule has 0 spiro atoms. The molecule has 0 radical (unpaired) electrons. The van der Waals surface area contributed by atoms with E-state index >= 15 is 0 Å². The number of aliphatic hydroxyl groups is 1. The molecule has 1 heterocycles. The van der Waals surface area contributed by atoms with Gasteiger partial charge in [-0.15, -0.1) is 6.58 Å². The van der Waals surface area contributed by atoms with E-state index in [2.05, 4.69) is 6.58 Å². The SMILES string of the molecule is C=CC(C(O)c1ccc(C(F)(F)F)cc1)C1c2ccccc2C(=O)N1CCCC. The molecule has 0 aromatic heterocycles. The zero-order chi connectivity index (χ0) is 21.2. The first kappa shape index (κ1) is 21.1. The molecule has 2 aromatic rings. The van der Waals surface area contributed by atoms with Crippen molar-refractivity contribution in [1.29, 1.82) is 0 Å². The van der Waals surface area contributed by atoms with Crippen LogP contribution in [0.25, 0.3) is 0 Å². The Bertz CT molecular complexity index is 876. The molecule has 3 unspecified atom stereocenters. The van der Waals surface area contributed by atoms with E-state index in [-0.39, 0.29) is 5.91 Å². The minimum atomic E-state index is -4.44. The third kappa shape index (κ3) is 4.08. The van der Waals surface area contributed by atoms with E-state index in [0.717, 1.165) is 30.5 Å².